The Hall–Kier alpha value is -2.12. The van der Waals surface area contributed by atoms with Gasteiger partial charge in [-0.1, -0.05) is 0 Å². The topological polar surface area (TPSA) is 82.5 Å². The van der Waals surface area contributed by atoms with Crippen LogP contribution in [0, 0.1) is 11.8 Å². The van der Waals surface area contributed by atoms with Crippen molar-refractivity contribution in [2.24, 2.45) is 16.8 Å². The summed E-state index contributed by atoms with van der Waals surface area (Å²) in [5.41, 5.74) is -1.22. The number of methoxy groups -OCH3 is 1. The molecule has 0 aromatic rings. The molecule has 0 saturated carbocycles. The van der Waals surface area contributed by atoms with Gasteiger partial charge in [0, 0.05) is 27.7 Å². The van der Waals surface area contributed by atoms with E-state index in [-0.39, 0.29) is 17.9 Å². The summed E-state index contributed by atoms with van der Waals surface area (Å²) < 4.78 is 4.96. The summed E-state index contributed by atoms with van der Waals surface area (Å²) in [6.45, 7) is 2.22. The number of aliphatic imine (C=N–C) groups is 1. The number of rotatable bonds is 1. The number of hydrogen-bond donors (Lipinski definition) is 0. The number of esters is 1. The average Bonchev–Trinajstić information content (AvgIpc) is 3.03. The highest BCUT2D eigenvalue weighted by Crippen LogP contribution is 2.51. The van der Waals surface area contributed by atoms with Gasteiger partial charge in [0.05, 0.1) is 25.0 Å². The predicted octanol–water partition coefficient (Wildman–Crippen LogP) is -1.24. The third-order valence-electron chi connectivity index (χ3n) is 5.24. The van der Waals surface area contributed by atoms with E-state index in [1.54, 1.807) is 18.9 Å². The Morgan fingerprint density at radius 2 is 1.95 bits per heavy atom. The number of carbonyl (C=O) groups excluding carboxylic acids is 3. The Balaban J connectivity index is 2.19. The maximum Gasteiger partial charge on any atom is 0.332 e. The zero-order valence-corrected chi connectivity index (χ0v) is 13.4. The van der Waals surface area contributed by atoms with Gasteiger partial charge in [-0.05, 0) is 6.92 Å². The van der Waals surface area contributed by atoms with E-state index in [9.17, 15) is 14.4 Å². The molecule has 120 valence electrons. The number of likely N-dealkylation sites (N-methyl/N-ethyl adjacent to an activating group) is 1. The average molecular weight is 308 g/mol. The summed E-state index contributed by atoms with van der Waals surface area (Å²) in [4.78, 5) is 46.7. The number of fused-ring (bicyclic) bond motifs is 3. The molecule has 0 N–H and O–H groups in total. The molecule has 0 spiro atoms. The first-order valence-corrected chi connectivity index (χ1v) is 7.17. The van der Waals surface area contributed by atoms with Crippen molar-refractivity contribution in [2.45, 2.75) is 18.5 Å². The van der Waals surface area contributed by atoms with Gasteiger partial charge in [0.15, 0.2) is 11.5 Å². The van der Waals surface area contributed by atoms with Gasteiger partial charge in [0.2, 0.25) is 11.8 Å². The standard InChI is InChI=1S/C14H20N4O4/c1-14(12(21)22-5)9-8(10(19)17(4)11(9)20)7-6-16(3)13(15-2)18(7)14/h7-9H,6H2,1-5H3/t7-,8+,9-,14-/m1/s1. The van der Waals surface area contributed by atoms with Gasteiger partial charge in [-0.15, -0.1) is 0 Å². The van der Waals surface area contributed by atoms with Crippen molar-refractivity contribution in [1.82, 2.24) is 14.7 Å². The highest BCUT2D eigenvalue weighted by atomic mass is 16.5. The fourth-order valence-electron chi connectivity index (χ4n) is 4.28. The summed E-state index contributed by atoms with van der Waals surface area (Å²) in [5.74, 6) is -1.73. The van der Waals surface area contributed by atoms with Crippen LogP contribution in [0.15, 0.2) is 4.99 Å². The number of nitrogens with zero attached hydrogens (tertiary/aromatic N) is 4. The van der Waals surface area contributed by atoms with E-state index in [0.29, 0.717) is 12.5 Å². The monoisotopic (exact) mass is 308 g/mol. The molecule has 22 heavy (non-hydrogen) atoms. The smallest absolute Gasteiger partial charge is 0.332 e. The van der Waals surface area contributed by atoms with Crippen LogP contribution in [0.2, 0.25) is 0 Å². The maximum atomic E-state index is 12.6. The Labute approximate surface area is 128 Å². The summed E-state index contributed by atoms with van der Waals surface area (Å²) in [7, 11) is 6.26. The zero-order valence-electron chi connectivity index (χ0n) is 13.4. The van der Waals surface area contributed by atoms with Crippen molar-refractivity contribution in [2.75, 3.05) is 34.8 Å². The van der Waals surface area contributed by atoms with E-state index < -0.39 is 23.3 Å². The summed E-state index contributed by atoms with van der Waals surface area (Å²) >= 11 is 0. The molecule has 8 heteroatoms. The van der Waals surface area contributed by atoms with Gasteiger partial charge in [-0.2, -0.15) is 0 Å². The lowest BCUT2D eigenvalue weighted by atomic mass is 9.81. The summed E-state index contributed by atoms with van der Waals surface area (Å²) in [6, 6.07) is -0.251. The molecule has 3 aliphatic rings. The first-order chi connectivity index (χ1) is 10.3. The largest absolute Gasteiger partial charge is 0.467 e. The van der Waals surface area contributed by atoms with E-state index in [4.69, 9.17) is 4.74 Å². The van der Waals surface area contributed by atoms with Crippen LogP contribution in [0.3, 0.4) is 0 Å². The Bertz CT molecular complexity index is 604. The Morgan fingerprint density at radius 1 is 1.32 bits per heavy atom. The second-order valence-corrected chi connectivity index (χ2v) is 6.22. The normalized spacial score (nSPS) is 38.9. The predicted molar refractivity (Wildman–Crippen MR) is 76.8 cm³/mol. The van der Waals surface area contributed by atoms with Crippen LogP contribution in [0.25, 0.3) is 0 Å². The van der Waals surface area contributed by atoms with Crippen LogP contribution < -0.4 is 0 Å². The van der Waals surface area contributed by atoms with Gasteiger partial charge in [0.1, 0.15) is 0 Å². The second kappa shape index (κ2) is 4.44. The van der Waals surface area contributed by atoms with Gasteiger partial charge < -0.3 is 14.5 Å². The molecule has 2 amide bonds. The molecule has 8 nitrogen and oxygen atoms in total. The van der Waals surface area contributed by atoms with E-state index in [2.05, 4.69) is 4.99 Å². The number of carbonyl (C=O) groups is 3. The molecule has 0 aromatic carbocycles. The molecule has 0 unspecified atom stereocenters. The van der Waals surface area contributed by atoms with Crippen molar-refractivity contribution < 1.29 is 19.1 Å². The van der Waals surface area contributed by atoms with Crippen LogP contribution in [-0.2, 0) is 19.1 Å². The van der Waals surface area contributed by atoms with Crippen molar-refractivity contribution >= 4 is 23.7 Å². The number of hydrogen-bond acceptors (Lipinski definition) is 5. The zero-order chi connectivity index (χ0) is 16.4. The minimum absolute atomic E-state index is 0.233. The fraction of sp³-hybridized carbons (Fsp3) is 0.714. The molecular weight excluding hydrogens is 288 g/mol. The third kappa shape index (κ3) is 1.42. The van der Waals surface area contributed by atoms with Crippen LogP contribution in [0.5, 0.6) is 0 Å². The number of imide groups is 1. The van der Waals surface area contributed by atoms with Crippen LogP contribution in [0.4, 0.5) is 0 Å². The van der Waals surface area contributed by atoms with Gasteiger partial charge in [0.25, 0.3) is 0 Å². The molecule has 4 atom stereocenters. The highest BCUT2D eigenvalue weighted by molar-refractivity contribution is 6.11. The van der Waals surface area contributed by atoms with Crippen molar-refractivity contribution in [3.8, 4) is 0 Å². The Morgan fingerprint density at radius 3 is 2.50 bits per heavy atom. The molecule has 3 aliphatic heterocycles. The molecule has 0 bridgehead atoms. The van der Waals surface area contributed by atoms with Crippen molar-refractivity contribution in [3.05, 3.63) is 0 Å². The van der Waals surface area contributed by atoms with E-state index >= 15 is 0 Å². The third-order valence-corrected chi connectivity index (χ3v) is 5.24. The quantitative estimate of drug-likeness (QED) is 0.445. The number of ether oxygens (including phenoxy) is 1. The molecule has 3 rings (SSSR count). The molecule has 0 radical (unpaired) electrons. The van der Waals surface area contributed by atoms with Crippen LogP contribution in [0.1, 0.15) is 6.92 Å². The molecule has 3 heterocycles. The lowest BCUT2D eigenvalue weighted by Gasteiger charge is -2.36. The highest BCUT2D eigenvalue weighted by Gasteiger charge is 2.72. The minimum atomic E-state index is -1.22. The van der Waals surface area contributed by atoms with Crippen molar-refractivity contribution in [3.63, 3.8) is 0 Å². The van der Waals surface area contributed by atoms with E-state index in [0.717, 1.165) is 4.90 Å². The second-order valence-electron chi connectivity index (χ2n) is 6.22. The summed E-state index contributed by atoms with van der Waals surface area (Å²) in [6.07, 6.45) is 0. The van der Waals surface area contributed by atoms with Crippen LogP contribution in [-0.4, -0.2) is 84.8 Å². The minimum Gasteiger partial charge on any atom is -0.467 e. The molecular formula is C14H20N4O4. The lowest BCUT2D eigenvalue weighted by molar-refractivity contribution is -0.156. The van der Waals surface area contributed by atoms with Crippen LogP contribution >= 0.6 is 0 Å². The first kappa shape index (κ1) is 14.8. The van der Waals surface area contributed by atoms with Gasteiger partial charge in [-0.3, -0.25) is 19.5 Å². The number of guanidine groups is 1. The molecule has 3 fully saturated rings. The molecule has 3 saturated heterocycles. The van der Waals surface area contributed by atoms with Crippen molar-refractivity contribution in [1.29, 1.82) is 0 Å². The fourth-order valence-corrected chi connectivity index (χ4v) is 4.28. The number of likely N-dealkylation sites (tertiary alicyclic amines) is 1. The maximum absolute atomic E-state index is 12.6. The first-order valence-electron chi connectivity index (χ1n) is 7.17. The Kier molecular flexibility index (Phi) is 2.99. The molecule has 0 aromatic heterocycles. The van der Waals surface area contributed by atoms with E-state index in [1.165, 1.54) is 14.2 Å². The van der Waals surface area contributed by atoms with Gasteiger partial charge in [-0.25, -0.2) is 4.79 Å². The lowest BCUT2D eigenvalue weighted by Crippen LogP contribution is -2.58. The summed E-state index contributed by atoms with van der Waals surface area (Å²) in [5, 5.41) is 0. The van der Waals surface area contributed by atoms with Gasteiger partial charge >= 0.3 is 5.97 Å². The van der Waals surface area contributed by atoms with E-state index in [1.807, 2.05) is 11.9 Å². The molecule has 0 aliphatic carbocycles. The SMILES string of the molecule is CN=C1N(C)C[C@@H]2[C@@H]3C(=O)N(C)C(=O)[C@@H]3[C@](C)(C(=O)OC)N12. The number of amides is 2.